The second-order valence-corrected chi connectivity index (χ2v) is 6.08. The van der Waals surface area contributed by atoms with Gasteiger partial charge in [0.2, 0.25) is 0 Å². The van der Waals surface area contributed by atoms with Crippen LogP contribution in [-0.2, 0) is 13.6 Å². The molecule has 19 heavy (non-hydrogen) atoms. The van der Waals surface area contributed by atoms with Gasteiger partial charge in [-0.1, -0.05) is 37.3 Å². The summed E-state index contributed by atoms with van der Waals surface area (Å²) in [4.78, 5) is 0. The highest BCUT2D eigenvalue weighted by Gasteiger charge is 2.27. The number of nitrogens with one attached hydrogen (secondary N) is 1. The quantitative estimate of drug-likeness (QED) is 0.836. The van der Waals surface area contributed by atoms with Crippen LogP contribution >= 0.6 is 11.6 Å². The van der Waals surface area contributed by atoms with E-state index in [2.05, 4.69) is 10.4 Å². The molecule has 0 aromatic carbocycles. The lowest BCUT2D eigenvalue weighted by molar-refractivity contribution is 0.0250. The number of halogens is 1. The smallest absolute Gasteiger partial charge is 0.131 e. The van der Waals surface area contributed by atoms with Gasteiger partial charge >= 0.3 is 0 Å². The Morgan fingerprint density at radius 3 is 2.47 bits per heavy atom. The van der Waals surface area contributed by atoms with Crippen molar-refractivity contribution in [3.8, 4) is 0 Å². The summed E-state index contributed by atoms with van der Waals surface area (Å²) in [6.45, 7) is 3.27. The lowest BCUT2D eigenvalue weighted by Gasteiger charge is -2.27. The van der Waals surface area contributed by atoms with Gasteiger partial charge in [0.1, 0.15) is 5.15 Å². The zero-order chi connectivity index (χ0) is 13.9. The summed E-state index contributed by atoms with van der Waals surface area (Å²) in [5, 5.41) is 18.9. The highest BCUT2D eigenvalue weighted by molar-refractivity contribution is 6.30. The van der Waals surface area contributed by atoms with Crippen molar-refractivity contribution < 1.29 is 5.11 Å². The first-order valence-corrected chi connectivity index (χ1v) is 7.51. The van der Waals surface area contributed by atoms with Crippen LogP contribution in [0.1, 0.15) is 49.8 Å². The molecule has 2 rings (SSSR count). The second kappa shape index (κ2) is 6.25. The van der Waals surface area contributed by atoms with Gasteiger partial charge in [-0.15, -0.1) is 0 Å². The molecule has 0 radical (unpaired) electrons. The molecule has 1 saturated carbocycles. The molecule has 0 atom stereocenters. The van der Waals surface area contributed by atoms with Gasteiger partial charge in [0.25, 0.3) is 0 Å². The zero-order valence-electron chi connectivity index (χ0n) is 11.9. The van der Waals surface area contributed by atoms with Crippen molar-refractivity contribution in [3.63, 3.8) is 0 Å². The highest BCUT2D eigenvalue weighted by atomic mass is 35.5. The molecule has 1 aliphatic rings. The Balaban J connectivity index is 1.88. The number of nitrogens with zero attached hydrogens (tertiary/aromatic N) is 2. The molecule has 0 saturated heterocycles. The van der Waals surface area contributed by atoms with Gasteiger partial charge in [0.05, 0.1) is 11.3 Å². The summed E-state index contributed by atoms with van der Waals surface area (Å²) in [6, 6.07) is 0. The summed E-state index contributed by atoms with van der Waals surface area (Å²) in [7, 11) is 1.84. The SMILES string of the molecule is Cc1nn(C)c(Cl)c1CNCC1(O)CCCCCC1. The summed E-state index contributed by atoms with van der Waals surface area (Å²) in [6.07, 6.45) is 6.56. The van der Waals surface area contributed by atoms with Crippen LogP contribution in [0.15, 0.2) is 0 Å². The number of rotatable bonds is 4. The maximum absolute atomic E-state index is 10.6. The van der Waals surface area contributed by atoms with Gasteiger partial charge in [-0.3, -0.25) is 4.68 Å². The van der Waals surface area contributed by atoms with Crippen molar-refractivity contribution in [1.82, 2.24) is 15.1 Å². The molecule has 108 valence electrons. The van der Waals surface area contributed by atoms with Crippen LogP contribution in [0.25, 0.3) is 0 Å². The first-order chi connectivity index (χ1) is 9.02. The maximum atomic E-state index is 10.6. The standard InChI is InChI=1S/C14H24ClN3O/c1-11-12(13(15)18(2)17-11)9-16-10-14(19)7-5-3-4-6-8-14/h16,19H,3-10H2,1-2H3. The largest absolute Gasteiger partial charge is 0.389 e. The van der Waals surface area contributed by atoms with Gasteiger partial charge in [-0.25, -0.2) is 0 Å². The predicted molar refractivity (Wildman–Crippen MR) is 77.3 cm³/mol. The number of hydrogen-bond donors (Lipinski definition) is 2. The van der Waals surface area contributed by atoms with Crippen LogP contribution in [0.3, 0.4) is 0 Å². The highest BCUT2D eigenvalue weighted by Crippen LogP contribution is 2.26. The van der Waals surface area contributed by atoms with Crippen molar-refractivity contribution in [2.45, 2.75) is 57.6 Å². The Morgan fingerprint density at radius 1 is 1.32 bits per heavy atom. The summed E-state index contributed by atoms with van der Waals surface area (Å²) in [5.41, 5.74) is 1.44. The van der Waals surface area contributed by atoms with Gasteiger partial charge < -0.3 is 10.4 Å². The Bertz CT molecular complexity index is 423. The van der Waals surface area contributed by atoms with E-state index in [4.69, 9.17) is 11.6 Å². The van der Waals surface area contributed by atoms with Crippen LogP contribution in [0.5, 0.6) is 0 Å². The average Bonchev–Trinajstić information content (AvgIpc) is 2.56. The average molecular weight is 286 g/mol. The molecule has 1 aliphatic carbocycles. The van der Waals surface area contributed by atoms with Gasteiger partial charge in [-0.2, -0.15) is 5.10 Å². The molecular weight excluding hydrogens is 262 g/mol. The Labute approximate surface area is 120 Å². The number of hydrogen-bond acceptors (Lipinski definition) is 3. The Hall–Kier alpha value is -0.580. The minimum atomic E-state index is -0.543. The fourth-order valence-corrected chi connectivity index (χ4v) is 3.10. The fourth-order valence-electron chi connectivity index (χ4n) is 2.86. The van der Waals surface area contributed by atoms with E-state index in [1.165, 1.54) is 12.8 Å². The molecule has 0 spiro atoms. The molecular formula is C14H24ClN3O. The lowest BCUT2D eigenvalue weighted by atomic mass is 9.94. The van der Waals surface area contributed by atoms with E-state index in [9.17, 15) is 5.11 Å². The molecule has 2 N–H and O–H groups in total. The van der Waals surface area contributed by atoms with Gasteiger partial charge in [0.15, 0.2) is 0 Å². The van der Waals surface area contributed by atoms with Crippen LogP contribution < -0.4 is 5.32 Å². The Kier molecular flexibility index (Phi) is 4.87. The molecule has 5 heteroatoms. The Morgan fingerprint density at radius 2 is 1.95 bits per heavy atom. The number of aliphatic hydroxyl groups is 1. The topological polar surface area (TPSA) is 50.1 Å². The summed E-state index contributed by atoms with van der Waals surface area (Å²) in [5.74, 6) is 0. The molecule has 0 bridgehead atoms. The van der Waals surface area contributed by atoms with Crippen molar-refractivity contribution in [3.05, 3.63) is 16.4 Å². The van der Waals surface area contributed by atoms with Crippen LogP contribution in [0, 0.1) is 6.92 Å². The first kappa shape index (κ1) is 14.8. The maximum Gasteiger partial charge on any atom is 0.131 e. The zero-order valence-corrected chi connectivity index (χ0v) is 12.6. The second-order valence-electron chi connectivity index (χ2n) is 5.72. The minimum absolute atomic E-state index is 0.543. The number of aryl methyl sites for hydroxylation is 2. The molecule has 1 fully saturated rings. The molecule has 1 heterocycles. The molecule has 1 aromatic rings. The minimum Gasteiger partial charge on any atom is -0.389 e. The van der Waals surface area contributed by atoms with E-state index in [0.717, 1.165) is 36.9 Å². The van der Waals surface area contributed by atoms with Crippen LogP contribution in [-0.4, -0.2) is 27.0 Å². The van der Waals surface area contributed by atoms with E-state index in [0.29, 0.717) is 18.2 Å². The molecule has 0 amide bonds. The van der Waals surface area contributed by atoms with Crippen molar-refractivity contribution in [1.29, 1.82) is 0 Å². The summed E-state index contributed by atoms with van der Waals surface area (Å²) < 4.78 is 1.69. The molecule has 0 aliphatic heterocycles. The van der Waals surface area contributed by atoms with E-state index in [-0.39, 0.29) is 0 Å². The summed E-state index contributed by atoms with van der Waals surface area (Å²) >= 11 is 6.19. The molecule has 0 unspecified atom stereocenters. The van der Waals surface area contributed by atoms with E-state index in [1.54, 1.807) is 4.68 Å². The predicted octanol–water partition coefficient (Wildman–Crippen LogP) is 2.56. The van der Waals surface area contributed by atoms with Gasteiger partial charge in [-0.05, 0) is 19.8 Å². The van der Waals surface area contributed by atoms with Crippen LogP contribution in [0.2, 0.25) is 5.15 Å². The third-order valence-corrected chi connectivity index (χ3v) is 4.53. The monoisotopic (exact) mass is 285 g/mol. The first-order valence-electron chi connectivity index (χ1n) is 7.13. The van der Waals surface area contributed by atoms with Crippen molar-refractivity contribution >= 4 is 11.6 Å². The normalized spacial score (nSPS) is 19.4. The van der Waals surface area contributed by atoms with Crippen molar-refractivity contribution in [2.24, 2.45) is 7.05 Å². The third-order valence-electron chi connectivity index (χ3n) is 4.06. The van der Waals surface area contributed by atoms with Gasteiger partial charge in [0, 0.05) is 25.7 Å². The van der Waals surface area contributed by atoms with Crippen molar-refractivity contribution in [2.75, 3.05) is 6.54 Å². The van der Waals surface area contributed by atoms with Crippen LogP contribution in [0.4, 0.5) is 0 Å². The molecule has 1 aromatic heterocycles. The molecule has 4 nitrogen and oxygen atoms in total. The van der Waals surface area contributed by atoms with E-state index in [1.807, 2.05) is 14.0 Å². The number of aromatic nitrogens is 2. The van der Waals surface area contributed by atoms with E-state index < -0.39 is 5.60 Å². The van der Waals surface area contributed by atoms with E-state index >= 15 is 0 Å². The fraction of sp³-hybridized carbons (Fsp3) is 0.786. The lowest BCUT2D eigenvalue weighted by Crippen LogP contribution is -2.40. The third kappa shape index (κ3) is 3.71.